The minimum atomic E-state index is -0.478. The van der Waals surface area contributed by atoms with Crippen LogP contribution in [-0.4, -0.2) is 41.5 Å². The maximum atomic E-state index is 12.2. The largest absolute Gasteiger partial charge is 0.484 e. The van der Waals surface area contributed by atoms with Crippen LogP contribution in [0.2, 0.25) is 0 Å². The molecular formula is C15H21N3O4. The predicted molar refractivity (Wildman–Crippen MR) is 81.5 cm³/mol. The van der Waals surface area contributed by atoms with Crippen LogP contribution in [0.1, 0.15) is 20.3 Å². The number of carbonyl (C=O) groups is 1. The molecule has 2 N–H and O–H groups in total. The zero-order valence-electron chi connectivity index (χ0n) is 12.8. The number of ether oxygens (including phenoxy) is 1. The zero-order chi connectivity index (χ0) is 16.3. The van der Waals surface area contributed by atoms with Gasteiger partial charge in [-0.15, -0.1) is 0 Å². The number of rotatable bonds is 4. The van der Waals surface area contributed by atoms with Crippen LogP contribution in [0.3, 0.4) is 0 Å². The number of piperidine rings is 1. The fourth-order valence-corrected chi connectivity index (χ4v) is 2.49. The van der Waals surface area contributed by atoms with Crippen molar-refractivity contribution in [1.82, 2.24) is 4.90 Å². The first-order valence-corrected chi connectivity index (χ1v) is 7.20. The van der Waals surface area contributed by atoms with E-state index >= 15 is 0 Å². The van der Waals surface area contributed by atoms with Crippen LogP contribution < -0.4 is 10.5 Å². The molecule has 1 unspecified atom stereocenters. The molecule has 0 bridgehead atoms. The van der Waals surface area contributed by atoms with Gasteiger partial charge in [0.2, 0.25) is 0 Å². The van der Waals surface area contributed by atoms with Crippen molar-refractivity contribution in [2.24, 2.45) is 11.1 Å². The van der Waals surface area contributed by atoms with Crippen molar-refractivity contribution < 1.29 is 14.5 Å². The van der Waals surface area contributed by atoms with E-state index in [9.17, 15) is 14.9 Å². The molecule has 120 valence electrons. The average molecular weight is 307 g/mol. The quantitative estimate of drug-likeness (QED) is 0.672. The lowest BCUT2D eigenvalue weighted by atomic mass is 9.80. The summed E-state index contributed by atoms with van der Waals surface area (Å²) in [5.41, 5.74) is 5.94. The third-order valence-corrected chi connectivity index (χ3v) is 4.07. The Hall–Kier alpha value is -2.15. The van der Waals surface area contributed by atoms with Gasteiger partial charge < -0.3 is 15.4 Å². The molecule has 1 heterocycles. The Morgan fingerprint density at radius 1 is 1.45 bits per heavy atom. The molecule has 2 rings (SSSR count). The highest BCUT2D eigenvalue weighted by Gasteiger charge is 2.35. The minimum Gasteiger partial charge on any atom is -0.484 e. The maximum absolute atomic E-state index is 12.2. The normalized spacial score (nSPS) is 20.5. The molecule has 0 aromatic heterocycles. The fourth-order valence-electron chi connectivity index (χ4n) is 2.49. The zero-order valence-corrected chi connectivity index (χ0v) is 12.8. The van der Waals surface area contributed by atoms with E-state index in [2.05, 4.69) is 0 Å². The second-order valence-electron chi connectivity index (χ2n) is 6.24. The Balaban J connectivity index is 1.89. The molecule has 1 aliphatic heterocycles. The second kappa shape index (κ2) is 6.31. The number of nitrogens with zero attached hydrogens (tertiary/aromatic N) is 2. The van der Waals surface area contributed by atoms with Gasteiger partial charge in [-0.3, -0.25) is 14.9 Å². The Morgan fingerprint density at radius 3 is 2.64 bits per heavy atom. The summed E-state index contributed by atoms with van der Waals surface area (Å²) < 4.78 is 5.41. The van der Waals surface area contributed by atoms with Gasteiger partial charge >= 0.3 is 0 Å². The van der Waals surface area contributed by atoms with Crippen LogP contribution in [-0.2, 0) is 4.79 Å². The van der Waals surface area contributed by atoms with Crippen LogP contribution in [0.4, 0.5) is 5.69 Å². The average Bonchev–Trinajstić information content (AvgIpc) is 2.48. The van der Waals surface area contributed by atoms with E-state index in [-0.39, 0.29) is 29.7 Å². The van der Waals surface area contributed by atoms with Gasteiger partial charge in [0.1, 0.15) is 5.75 Å². The van der Waals surface area contributed by atoms with Crippen molar-refractivity contribution in [2.75, 3.05) is 19.7 Å². The summed E-state index contributed by atoms with van der Waals surface area (Å²) in [4.78, 5) is 24.0. The predicted octanol–water partition coefficient (Wildman–Crippen LogP) is 1.56. The van der Waals surface area contributed by atoms with Gasteiger partial charge in [0.05, 0.1) is 4.92 Å². The highest BCUT2D eigenvalue weighted by molar-refractivity contribution is 5.78. The van der Waals surface area contributed by atoms with E-state index in [1.807, 2.05) is 13.8 Å². The number of likely N-dealkylation sites (tertiary alicyclic amines) is 1. The van der Waals surface area contributed by atoms with Crippen molar-refractivity contribution >= 4 is 11.6 Å². The smallest absolute Gasteiger partial charge is 0.269 e. The summed E-state index contributed by atoms with van der Waals surface area (Å²) in [6, 6.07) is 5.77. The number of nitro groups is 1. The van der Waals surface area contributed by atoms with Crippen molar-refractivity contribution in [1.29, 1.82) is 0 Å². The molecule has 1 aromatic rings. The third-order valence-electron chi connectivity index (χ3n) is 4.07. The van der Waals surface area contributed by atoms with Crippen LogP contribution in [0.5, 0.6) is 5.75 Å². The van der Waals surface area contributed by atoms with Gasteiger partial charge in [0, 0.05) is 31.3 Å². The first kappa shape index (κ1) is 16.2. The second-order valence-corrected chi connectivity index (χ2v) is 6.24. The summed E-state index contributed by atoms with van der Waals surface area (Å²) in [6.45, 7) is 5.26. The Bertz CT molecular complexity index is 556. The fraction of sp³-hybridized carbons (Fsp3) is 0.533. The molecule has 7 nitrogen and oxygen atoms in total. The Labute approximate surface area is 129 Å². The molecule has 1 amide bonds. The molecule has 1 aliphatic rings. The molecule has 1 saturated heterocycles. The molecule has 0 aliphatic carbocycles. The molecule has 1 atom stereocenters. The number of nitro benzene ring substituents is 1. The molecule has 0 saturated carbocycles. The first-order chi connectivity index (χ1) is 10.3. The van der Waals surface area contributed by atoms with E-state index in [0.717, 1.165) is 6.42 Å². The molecule has 22 heavy (non-hydrogen) atoms. The van der Waals surface area contributed by atoms with Gasteiger partial charge in [-0.05, 0) is 24.0 Å². The number of hydrogen-bond acceptors (Lipinski definition) is 5. The molecule has 1 fully saturated rings. The highest BCUT2D eigenvalue weighted by atomic mass is 16.6. The maximum Gasteiger partial charge on any atom is 0.269 e. The van der Waals surface area contributed by atoms with Gasteiger partial charge in [-0.1, -0.05) is 13.8 Å². The number of amides is 1. The minimum absolute atomic E-state index is 0.00885. The monoisotopic (exact) mass is 307 g/mol. The van der Waals surface area contributed by atoms with E-state index < -0.39 is 4.92 Å². The molecular weight excluding hydrogens is 286 g/mol. The standard InChI is InChI=1S/C15H21N3O4/c1-15(2)10-17(8-7-13(15)16)14(19)9-22-12-5-3-11(4-6-12)18(20)21/h3-6,13H,7-10,16H2,1-2H3. The summed E-state index contributed by atoms with van der Waals surface area (Å²) in [7, 11) is 0. The summed E-state index contributed by atoms with van der Waals surface area (Å²) in [5, 5.41) is 10.6. The van der Waals surface area contributed by atoms with E-state index in [4.69, 9.17) is 10.5 Å². The molecule has 0 spiro atoms. The first-order valence-electron chi connectivity index (χ1n) is 7.20. The van der Waals surface area contributed by atoms with Crippen molar-refractivity contribution in [2.45, 2.75) is 26.3 Å². The molecule has 1 aromatic carbocycles. The number of hydrogen-bond donors (Lipinski definition) is 1. The molecule has 7 heteroatoms. The molecule has 0 radical (unpaired) electrons. The summed E-state index contributed by atoms with van der Waals surface area (Å²) >= 11 is 0. The number of carbonyl (C=O) groups excluding carboxylic acids is 1. The number of benzene rings is 1. The Kier molecular flexibility index (Phi) is 4.65. The van der Waals surface area contributed by atoms with Crippen LogP contribution >= 0.6 is 0 Å². The van der Waals surface area contributed by atoms with Crippen molar-refractivity contribution in [3.8, 4) is 5.75 Å². The Morgan fingerprint density at radius 2 is 2.09 bits per heavy atom. The lowest BCUT2D eigenvalue weighted by molar-refractivity contribution is -0.384. The van der Waals surface area contributed by atoms with Gasteiger partial charge in [-0.2, -0.15) is 0 Å². The SMILES string of the molecule is CC1(C)CN(C(=O)COc2ccc([N+](=O)[O-])cc2)CCC1N. The number of non-ortho nitro benzene ring substituents is 1. The lowest BCUT2D eigenvalue weighted by Gasteiger charge is -2.42. The van der Waals surface area contributed by atoms with Crippen molar-refractivity contribution in [3.63, 3.8) is 0 Å². The number of nitrogens with two attached hydrogens (primary N) is 1. The van der Waals surface area contributed by atoms with E-state index in [1.54, 1.807) is 4.90 Å². The summed E-state index contributed by atoms with van der Waals surface area (Å²) in [6.07, 6.45) is 0.774. The van der Waals surface area contributed by atoms with Gasteiger partial charge in [-0.25, -0.2) is 0 Å². The van der Waals surface area contributed by atoms with Crippen LogP contribution in [0.25, 0.3) is 0 Å². The van der Waals surface area contributed by atoms with Gasteiger partial charge in [0.15, 0.2) is 6.61 Å². The highest BCUT2D eigenvalue weighted by Crippen LogP contribution is 2.27. The topological polar surface area (TPSA) is 98.7 Å². The van der Waals surface area contributed by atoms with Crippen LogP contribution in [0, 0.1) is 15.5 Å². The van der Waals surface area contributed by atoms with Crippen LogP contribution in [0.15, 0.2) is 24.3 Å². The van der Waals surface area contributed by atoms with E-state index in [1.165, 1.54) is 24.3 Å². The van der Waals surface area contributed by atoms with E-state index in [0.29, 0.717) is 18.8 Å². The van der Waals surface area contributed by atoms with Gasteiger partial charge in [0.25, 0.3) is 11.6 Å². The summed E-state index contributed by atoms with van der Waals surface area (Å²) in [5.74, 6) is 0.338. The lowest BCUT2D eigenvalue weighted by Crippen LogP contribution is -2.54. The van der Waals surface area contributed by atoms with Crippen molar-refractivity contribution in [3.05, 3.63) is 34.4 Å². The third kappa shape index (κ3) is 3.73.